The van der Waals surface area contributed by atoms with Gasteiger partial charge >= 0.3 is 0 Å². The summed E-state index contributed by atoms with van der Waals surface area (Å²) >= 11 is 1.73. The Bertz CT molecular complexity index is 472. The first kappa shape index (κ1) is 11.0. The zero-order chi connectivity index (χ0) is 11.7. The minimum absolute atomic E-state index is 0.451. The molecule has 0 amide bonds. The van der Waals surface area contributed by atoms with Gasteiger partial charge in [-0.1, -0.05) is 23.5 Å². The second kappa shape index (κ2) is 4.63. The van der Waals surface area contributed by atoms with E-state index in [4.69, 9.17) is 4.74 Å². The number of fused-ring (bicyclic) bond motifs is 1. The predicted octanol–water partition coefficient (Wildman–Crippen LogP) is 3.28. The summed E-state index contributed by atoms with van der Waals surface area (Å²) in [7, 11) is 0. The predicted molar refractivity (Wildman–Crippen MR) is 71.7 cm³/mol. The Labute approximate surface area is 105 Å². The lowest BCUT2D eigenvalue weighted by Gasteiger charge is -2.35. The second-order valence-corrected chi connectivity index (χ2v) is 5.41. The van der Waals surface area contributed by atoms with Crippen LogP contribution in [-0.4, -0.2) is 23.7 Å². The van der Waals surface area contributed by atoms with Gasteiger partial charge in [0.25, 0.3) is 0 Å². The van der Waals surface area contributed by atoms with E-state index < -0.39 is 0 Å². The molecule has 1 fully saturated rings. The van der Waals surface area contributed by atoms with Crippen LogP contribution in [0, 0.1) is 0 Å². The summed E-state index contributed by atoms with van der Waals surface area (Å²) in [6.07, 6.45) is 2.65. The lowest BCUT2D eigenvalue weighted by Crippen LogP contribution is -2.40. The number of benzene rings is 1. The standard InChI is InChI=1S/C13H16N2OS/c1-2-16-10-7-9(8-10)14-13-15-11-5-3-4-6-12(11)17-13/h3-6,9-10H,2,7-8H2,1H3,(H,14,15). The Morgan fingerprint density at radius 2 is 2.24 bits per heavy atom. The normalized spacial score (nSPS) is 23.6. The van der Waals surface area contributed by atoms with Crippen LogP contribution in [0.5, 0.6) is 0 Å². The van der Waals surface area contributed by atoms with Gasteiger partial charge in [-0.2, -0.15) is 0 Å². The lowest BCUT2D eigenvalue weighted by atomic mass is 9.89. The van der Waals surface area contributed by atoms with Gasteiger partial charge in [0.2, 0.25) is 0 Å². The summed E-state index contributed by atoms with van der Waals surface area (Å²) in [4.78, 5) is 4.57. The fourth-order valence-corrected chi connectivity index (χ4v) is 3.11. The number of anilines is 1. The van der Waals surface area contributed by atoms with Crippen LogP contribution in [-0.2, 0) is 4.74 Å². The zero-order valence-electron chi connectivity index (χ0n) is 9.85. The molecule has 3 rings (SSSR count). The third kappa shape index (κ3) is 2.28. The second-order valence-electron chi connectivity index (χ2n) is 4.38. The van der Waals surface area contributed by atoms with E-state index in [0.29, 0.717) is 12.1 Å². The molecule has 0 atom stereocenters. The molecule has 1 heterocycles. The zero-order valence-corrected chi connectivity index (χ0v) is 10.7. The summed E-state index contributed by atoms with van der Waals surface area (Å²) in [5.74, 6) is 0. The van der Waals surface area contributed by atoms with Crippen molar-refractivity contribution in [2.75, 3.05) is 11.9 Å². The number of aromatic nitrogens is 1. The van der Waals surface area contributed by atoms with Gasteiger partial charge in [-0.3, -0.25) is 0 Å². The number of para-hydroxylation sites is 1. The first-order valence-electron chi connectivity index (χ1n) is 6.09. The maximum absolute atomic E-state index is 5.55. The van der Waals surface area contributed by atoms with Crippen LogP contribution in [0.3, 0.4) is 0 Å². The van der Waals surface area contributed by atoms with Gasteiger partial charge in [0.05, 0.1) is 16.3 Å². The van der Waals surface area contributed by atoms with Gasteiger partial charge in [-0.25, -0.2) is 4.98 Å². The van der Waals surface area contributed by atoms with Crippen molar-refractivity contribution in [3.8, 4) is 0 Å². The van der Waals surface area contributed by atoms with E-state index in [2.05, 4.69) is 28.5 Å². The van der Waals surface area contributed by atoms with Crippen molar-refractivity contribution in [3.05, 3.63) is 24.3 Å². The van der Waals surface area contributed by atoms with E-state index >= 15 is 0 Å². The maximum atomic E-state index is 5.55. The topological polar surface area (TPSA) is 34.1 Å². The average molecular weight is 248 g/mol. The lowest BCUT2D eigenvalue weighted by molar-refractivity contribution is 0.00299. The van der Waals surface area contributed by atoms with E-state index in [-0.39, 0.29) is 0 Å². The first-order valence-corrected chi connectivity index (χ1v) is 6.90. The molecule has 2 aromatic rings. The number of thiazole rings is 1. The summed E-state index contributed by atoms with van der Waals surface area (Å²) in [6.45, 7) is 2.87. The van der Waals surface area contributed by atoms with E-state index in [0.717, 1.165) is 30.1 Å². The molecule has 1 aliphatic rings. The quantitative estimate of drug-likeness (QED) is 0.901. The van der Waals surface area contributed by atoms with E-state index in [1.54, 1.807) is 11.3 Å². The van der Waals surface area contributed by atoms with E-state index in [1.165, 1.54) is 4.70 Å². The Balaban J connectivity index is 1.62. The number of ether oxygens (including phenoxy) is 1. The SMILES string of the molecule is CCOC1CC(Nc2nc3ccccc3s2)C1. The molecule has 0 unspecified atom stereocenters. The molecule has 90 valence electrons. The van der Waals surface area contributed by atoms with Crippen molar-refractivity contribution >= 4 is 26.7 Å². The highest BCUT2D eigenvalue weighted by atomic mass is 32.1. The molecule has 1 N–H and O–H groups in total. The smallest absolute Gasteiger partial charge is 0.184 e. The molecular formula is C13H16N2OS. The Morgan fingerprint density at radius 3 is 3.00 bits per heavy atom. The van der Waals surface area contributed by atoms with Crippen molar-refractivity contribution in [3.63, 3.8) is 0 Å². The molecular weight excluding hydrogens is 232 g/mol. The molecule has 1 aromatic heterocycles. The van der Waals surface area contributed by atoms with Crippen LogP contribution in [0.25, 0.3) is 10.2 Å². The van der Waals surface area contributed by atoms with Crippen LogP contribution in [0.4, 0.5) is 5.13 Å². The largest absolute Gasteiger partial charge is 0.378 e. The van der Waals surface area contributed by atoms with Gasteiger partial charge in [0, 0.05) is 12.6 Å². The molecule has 3 nitrogen and oxygen atoms in total. The summed E-state index contributed by atoms with van der Waals surface area (Å²) in [5.41, 5.74) is 1.08. The molecule has 1 aliphatic carbocycles. The van der Waals surface area contributed by atoms with Crippen LogP contribution >= 0.6 is 11.3 Å². The van der Waals surface area contributed by atoms with Crippen LogP contribution in [0.2, 0.25) is 0 Å². The van der Waals surface area contributed by atoms with Crippen molar-refractivity contribution in [2.24, 2.45) is 0 Å². The highest BCUT2D eigenvalue weighted by molar-refractivity contribution is 7.22. The van der Waals surface area contributed by atoms with Gasteiger partial charge in [0.1, 0.15) is 0 Å². The van der Waals surface area contributed by atoms with Crippen molar-refractivity contribution in [1.82, 2.24) is 4.98 Å². The Kier molecular flexibility index (Phi) is 2.99. The van der Waals surface area contributed by atoms with Gasteiger partial charge in [0.15, 0.2) is 5.13 Å². The number of nitrogens with zero attached hydrogens (tertiary/aromatic N) is 1. The molecule has 0 radical (unpaired) electrons. The summed E-state index contributed by atoms with van der Waals surface area (Å²) < 4.78 is 6.79. The van der Waals surface area contributed by atoms with Crippen LogP contribution in [0.1, 0.15) is 19.8 Å². The Morgan fingerprint density at radius 1 is 1.41 bits per heavy atom. The van der Waals surface area contributed by atoms with Gasteiger partial charge < -0.3 is 10.1 Å². The maximum Gasteiger partial charge on any atom is 0.184 e. The third-order valence-corrected chi connectivity index (χ3v) is 4.09. The number of hydrogen-bond acceptors (Lipinski definition) is 4. The van der Waals surface area contributed by atoms with Crippen molar-refractivity contribution < 1.29 is 4.74 Å². The summed E-state index contributed by atoms with van der Waals surface area (Å²) in [6, 6.07) is 8.79. The summed E-state index contributed by atoms with van der Waals surface area (Å²) in [5, 5.41) is 4.52. The highest BCUT2D eigenvalue weighted by Crippen LogP contribution is 2.31. The number of hydrogen-bond donors (Lipinski definition) is 1. The van der Waals surface area contributed by atoms with Crippen molar-refractivity contribution in [1.29, 1.82) is 0 Å². The first-order chi connectivity index (χ1) is 8.35. The average Bonchev–Trinajstić information content (AvgIpc) is 2.68. The monoisotopic (exact) mass is 248 g/mol. The molecule has 17 heavy (non-hydrogen) atoms. The van der Waals surface area contributed by atoms with Gasteiger partial charge in [-0.05, 0) is 31.9 Å². The molecule has 4 heteroatoms. The fourth-order valence-electron chi connectivity index (χ4n) is 2.16. The van der Waals surface area contributed by atoms with Crippen molar-refractivity contribution in [2.45, 2.75) is 31.9 Å². The highest BCUT2D eigenvalue weighted by Gasteiger charge is 2.29. The third-order valence-electron chi connectivity index (χ3n) is 3.12. The molecule has 0 saturated heterocycles. The van der Waals surface area contributed by atoms with Crippen LogP contribution < -0.4 is 5.32 Å². The minimum atomic E-state index is 0.451. The van der Waals surface area contributed by atoms with Crippen LogP contribution in [0.15, 0.2) is 24.3 Å². The van der Waals surface area contributed by atoms with E-state index in [1.807, 2.05) is 13.0 Å². The number of rotatable bonds is 4. The molecule has 0 spiro atoms. The Hall–Kier alpha value is -1.13. The number of nitrogens with one attached hydrogen (secondary N) is 1. The van der Waals surface area contributed by atoms with E-state index in [9.17, 15) is 0 Å². The van der Waals surface area contributed by atoms with Gasteiger partial charge in [-0.15, -0.1) is 0 Å². The molecule has 1 saturated carbocycles. The fraction of sp³-hybridized carbons (Fsp3) is 0.462. The molecule has 0 bridgehead atoms. The molecule has 0 aliphatic heterocycles. The molecule has 1 aromatic carbocycles. The minimum Gasteiger partial charge on any atom is -0.378 e.